The smallest absolute Gasteiger partial charge is 0.233 e. The molecule has 28 heavy (non-hydrogen) atoms. The lowest BCUT2D eigenvalue weighted by molar-refractivity contribution is 0.0542. The molecule has 3 heterocycles. The third kappa shape index (κ3) is 2.76. The van der Waals surface area contributed by atoms with Crippen molar-refractivity contribution >= 4 is 29.2 Å². The number of aromatic nitrogens is 3. The van der Waals surface area contributed by atoms with Crippen molar-refractivity contribution in [3.05, 3.63) is 59.4 Å². The Balaban J connectivity index is 1.75. The lowest BCUT2D eigenvalue weighted by atomic mass is 9.82. The second-order valence-corrected chi connectivity index (χ2v) is 12.3. The summed E-state index contributed by atoms with van der Waals surface area (Å²) in [6, 6.07) is 10.5. The molecule has 3 aliphatic rings. The first-order chi connectivity index (χ1) is 13.5. The molecule has 6 nitrogen and oxygen atoms in total. The first-order valence-electron chi connectivity index (χ1n) is 9.62. The van der Waals surface area contributed by atoms with E-state index in [1.165, 1.54) is 22.0 Å². The summed E-state index contributed by atoms with van der Waals surface area (Å²) >= 11 is 6.55. The quantitative estimate of drug-likeness (QED) is 0.764. The maximum absolute atomic E-state index is 6.55. The third-order valence-electron chi connectivity index (χ3n) is 5.55. The molecule has 0 bridgehead atoms. The summed E-state index contributed by atoms with van der Waals surface area (Å²) in [6.45, 7) is 7.84. The highest BCUT2D eigenvalue weighted by Gasteiger charge is 2.43. The molecule has 1 unspecified atom stereocenters. The molecule has 0 radical (unpaired) electrons. The summed E-state index contributed by atoms with van der Waals surface area (Å²) < 4.78 is 7.72. The Hall–Kier alpha value is -1.95. The van der Waals surface area contributed by atoms with Crippen LogP contribution in [0.3, 0.4) is 0 Å². The molecular formula is C20H24N5OPS. The van der Waals surface area contributed by atoms with Crippen molar-refractivity contribution in [2.75, 3.05) is 31.6 Å². The molecule has 1 aliphatic carbocycles. The number of allylic oxidation sites excluding steroid dienone is 3. The van der Waals surface area contributed by atoms with Crippen LogP contribution < -0.4 is 10.6 Å². The maximum Gasteiger partial charge on any atom is 0.233 e. The van der Waals surface area contributed by atoms with Crippen LogP contribution in [0.1, 0.15) is 20.3 Å². The molecule has 0 spiro atoms. The Labute approximate surface area is 170 Å². The molecule has 1 aromatic heterocycles. The minimum absolute atomic E-state index is 0.0402. The van der Waals surface area contributed by atoms with Gasteiger partial charge in [-0.15, -0.1) is 10.2 Å². The number of rotatable bonds is 2. The van der Waals surface area contributed by atoms with E-state index in [0.29, 0.717) is 0 Å². The lowest BCUT2D eigenvalue weighted by Crippen LogP contribution is -2.40. The summed E-state index contributed by atoms with van der Waals surface area (Å²) in [6.07, 6.45) is 2.79. The van der Waals surface area contributed by atoms with Gasteiger partial charge in [-0.05, 0) is 11.8 Å². The fourth-order valence-corrected chi connectivity index (χ4v) is 8.51. The number of morpholine rings is 1. The van der Waals surface area contributed by atoms with Crippen LogP contribution >= 0.6 is 6.19 Å². The molecule has 1 saturated heterocycles. The largest absolute Gasteiger partial charge is 0.378 e. The normalized spacial score (nSPS) is 26.2. The van der Waals surface area contributed by atoms with Crippen LogP contribution in [-0.2, 0) is 16.5 Å². The van der Waals surface area contributed by atoms with Crippen molar-refractivity contribution in [3.63, 3.8) is 0 Å². The summed E-state index contributed by atoms with van der Waals surface area (Å²) in [5, 5.41) is 14.5. The molecule has 5 rings (SSSR count). The van der Waals surface area contributed by atoms with E-state index >= 15 is 0 Å². The fourth-order valence-electron chi connectivity index (χ4n) is 4.31. The van der Waals surface area contributed by atoms with Gasteiger partial charge in [-0.25, -0.2) is 0 Å². The zero-order valence-electron chi connectivity index (χ0n) is 16.1. The van der Waals surface area contributed by atoms with Gasteiger partial charge in [-0.3, -0.25) is 4.34 Å². The average Bonchev–Trinajstić information content (AvgIpc) is 3.17. The van der Waals surface area contributed by atoms with Crippen LogP contribution in [-0.4, -0.2) is 45.7 Å². The first-order valence-corrected chi connectivity index (χ1v) is 12.4. The van der Waals surface area contributed by atoms with Crippen LogP contribution in [0.4, 0.5) is 5.95 Å². The number of hydrogen-bond acceptors (Lipinski definition) is 6. The Morgan fingerprint density at radius 1 is 1.18 bits per heavy atom. The maximum atomic E-state index is 6.55. The summed E-state index contributed by atoms with van der Waals surface area (Å²) in [5.41, 5.74) is 2.49. The van der Waals surface area contributed by atoms with E-state index in [4.69, 9.17) is 16.5 Å². The molecular weight excluding hydrogens is 389 g/mol. The minimum Gasteiger partial charge on any atom is -0.378 e. The van der Waals surface area contributed by atoms with E-state index in [9.17, 15) is 0 Å². The number of ether oxygens (including phenoxy) is 1. The van der Waals surface area contributed by atoms with Gasteiger partial charge in [0.15, 0.2) is 0 Å². The van der Waals surface area contributed by atoms with Gasteiger partial charge in [-0.1, -0.05) is 62.1 Å². The van der Waals surface area contributed by atoms with Crippen molar-refractivity contribution in [1.82, 2.24) is 19.4 Å². The van der Waals surface area contributed by atoms with E-state index in [1.807, 2.05) is 6.07 Å². The monoisotopic (exact) mass is 413 g/mol. The second kappa shape index (κ2) is 6.55. The standard InChI is InChI=1S/C20H24N5OPS/c1-20(2)12-16-18(17(13-20)24-8-10-26-11-9-24)27(28,15-6-4-3-5-7-15)25-14-21-23-19(25)22-16/h3-7,13-14H,8-12H2,1-2H3,(H,22,23). The Morgan fingerprint density at radius 3 is 2.68 bits per heavy atom. The van der Waals surface area contributed by atoms with E-state index in [-0.39, 0.29) is 5.41 Å². The highest BCUT2D eigenvalue weighted by molar-refractivity contribution is 8.19. The topological polar surface area (TPSA) is 55.2 Å². The predicted molar refractivity (Wildman–Crippen MR) is 115 cm³/mol. The van der Waals surface area contributed by atoms with Crippen molar-refractivity contribution in [1.29, 1.82) is 0 Å². The number of hydrogen-bond donors (Lipinski definition) is 1. The molecule has 0 saturated carbocycles. The van der Waals surface area contributed by atoms with Crippen LogP contribution in [0, 0.1) is 5.41 Å². The number of nitrogens with one attached hydrogen (secondary N) is 1. The van der Waals surface area contributed by atoms with E-state index in [0.717, 1.165) is 38.7 Å². The van der Waals surface area contributed by atoms with Crippen molar-refractivity contribution < 1.29 is 4.74 Å². The first kappa shape index (κ1) is 18.1. The number of nitrogens with zero attached hydrogens (tertiary/aromatic N) is 4. The van der Waals surface area contributed by atoms with Gasteiger partial charge in [0.05, 0.1) is 18.5 Å². The van der Waals surface area contributed by atoms with Crippen LogP contribution in [0.2, 0.25) is 0 Å². The molecule has 146 valence electrons. The van der Waals surface area contributed by atoms with Crippen molar-refractivity contribution in [3.8, 4) is 0 Å². The minimum atomic E-state index is -2.33. The molecule has 1 atom stereocenters. The van der Waals surface area contributed by atoms with E-state index in [2.05, 4.69) is 68.9 Å². The zero-order valence-corrected chi connectivity index (χ0v) is 17.8. The molecule has 1 fully saturated rings. The number of anilines is 1. The highest BCUT2D eigenvalue weighted by Crippen LogP contribution is 2.64. The molecule has 2 aromatic rings. The Morgan fingerprint density at radius 2 is 1.93 bits per heavy atom. The molecule has 0 amide bonds. The Bertz CT molecular complexity index is 1020. The van der Waals surface area contributed by atoms with Crippen LogP contribution in [0.15, 0.2) is 59.4 Å². The predicted octanol–water partition coefficient (Wildman–Crippen LogP) is 3.13. The molecule has 1 N–H and O–H groups in total. The zero-order chi connectivity index (χ0) is 19.4. The van der Waals surface area contributed by atoms with Gasteiger partial charge in [0.25, 0.3) is 0 Å². The summed E-state index contributed by atoms with van der Waals surface area (Å²) in [4.78, 5) is 2.45. The van der Waals surface area contributed by atoms with Crippen LogP contribution in [0.5, 0.6) is 0 Å². The number of fused-ring (bicyclic) bond motifs is 1. The molecule has 8 heteroatoms. The highest BCUT2D eigenvalue weighted by atomic mass is 32.4. The van der Waals surface area contributed by atoms with Crippen molar-refractivity contribution in [2.24, 2.45) is 5.41 Å². The van der Waals surface area contributed by atoms with Gasteiger partial charge >= 0.3 is 0 Å². The average molecular weight is 413 g/mol. The molecule has 2 aliphatic heterocycles. The lowest BCUT2D eigenvalue weighted by Gasteiger charge is -2.44. The SMILES string of the molecule is CC1(C)C=C(N2CCOCC2)C2=C(C1)Nc1nncn1P2(=S)c1ccccc1. The van der Waals surface area contributed by atoms with Gasteiger partial charge in [0.2, 0.25) is 5.95 Å². The van der Waals surface area contributed by atoms with Gasteiger partial charge in [0.1, 0.15) is 12.5 Å². The van der Waals surface area contributed by atoms with Crippen LogP contribution in [0.25, 0.3) is 0 Å². The second-order valence-electron chi connectivity index (χ2n) is 8.16. The van der Waals surface area contributed by atoms with Crippen molar-refractivity contribution in [2.45, 2.75) is 20.3 Å². The van der Waals surface area contributed by atoms with Gasteiger partial charge in [0, 0.05) is 29.8 Å². The molecule has 1 aromatic carbocycles. The van der Waals surface area contributed by atoms with Gasteiger partial charge in [-0.2, -0.15) is 0 Å². The fraction of sp³-hybridized carbons (Fsp3) is 0.400. The number of benzene rings is 1. The van der Waals surface area contributed by atoms with Gasteiger partial charge < -0.3 is 15.0 Å². The van der Waals surface area contributed by atoms with E-state index in [1.54, 1.807) is 6.33 Å². The third-order valence-corrected chi connectivity index (χ3v) is 10.3. The Kier molecular flexibility index (Phi) is 4.23. The van der Waals surface area contributed by atoms with E-state index < -0.39 is 6.19 Å². The summed E-state index contributed by atoms with van der Waals surface area (Å²) in [5.74, 6) is 0.755. The summed E-state index contributed by atoms with van der Waals surface area (Å²) in [7, 11) is 0.